The van der Waals surface area contributed by atoms with E-state index in [0.717, 1.165) is 13.0 Å². The van der Waals surface area contributed by atoms with Crippen molar-refractivity contribution in [2.45, 2.75) is 45.1 Å². The van der Waals surface area contributed by atoms with Gasteiger partial charge in [0, 0.05) is 18.6 Å². The number of nitrogens with zero attached hydrogens (tertiary/aromatic N) is 1. The van der Waals surface area contributed by atoms with E-state index < -0.39 is 0 Å². The summed E-state index contributed by atoms with van der Waals surface area (Å²) in [6.07, 6.45) is 5.12. The number of nitrogens with one attached hydrogen (secondary N) is 1. The predicted molar refractivity (Wildman–Crippen MR) is 82.5 cm³/mol. The van der Waals surface area contributed by atoms with Crippen LogP contribution in [0.25, 0.3) is 0 Å². The van der Waals surface area contributed by atoms with Crippen LogP contribution < -0.4 is 5.32 Å². The predicted octanol–water partition coefficient (Wildman–Crippen LogP) is 3.08. The van der Waals surface area contributed by atoms with Crippen molar-refractivity contribution in [3.8, 4) is 0 Å². The molecule has 1 aliphatic rings. The Morgan fingerprint density at radius 1 is 1.11 bits per heavy atom. The van der Waals surface area contributed by atoms with Crippen LogP contribution >= 0.6 is 0 Å². The molecule has 0 aliphatic carbocycles. The van der Waals surface area contributed by atoms with Gasteiger partial charge in [-0.25, -0.2) is 0 Å². The first-order valence-electron chi connectivity index (χ1n) is 7.67. The van der Waals surface area contributed by atoms with E-state index in [2.05, 4.69) is 54.4 Å². The molecular weight excluding hydrogens is 232 g/mol. The van der Waals surface area contributed by atoms with Gasteiger partial charge in [-0.15, -0.1) is 0 Å². The smallest absolute Gasteiger partial charge is 0.0128 e. The summed E-state index contributed by atoms with van der Waals surface area (Å²) in [6, 6.07) is 10.8. The zero-order valence-electron chi connectivity index (χ0n) is 12.5. The van der Waals surface area contributed by atoms with Crippen LogP contribution in [-0.4, -0.2) is 36.6 Å². The zero-order valence-corrected chi connectivity index (χ0v) is 12.5. The Morgan fingerprint density at radius 3 is 2.47 bits per heavy atom. The third-order valence-corrected chi connectivity index (χ3v) is 4.11. The molecule has 0 spiro atoms. The fraction of sp³-hybridized carbons (Fsp3) is 0.647. The molecule has 2 rings (SSSR count). The van der Waals surface area contributed by atoms with Crippen molar-refractivity contribution >= 4 is 0 Å². The lowest BCUT2D eigenvalue weighted by atomic mass is 9.95. The Hall–Kier alpha value is -0.860. The fourth-order valence-electron chi connectivity index (χ4n) is 2.75. The molecule has 1 aromatic carbocycles. The Labute approximate surface area is 118 Å². The van der Waals surface area contributed by atoms with Crippen LogP contribution in [0.3, 0.4) is 0 Å². The summed E-state index contributed by atoms with van der Waals surface area (Å²) in [5, 5.41) is 3.71. The van der Waals surface area contributed by atoms with E-state index in [4.69, 9.17) is 0 Å². The van der Waals surface area contributed by atoms with Crippen LogP contribution in [0, 0.1) is 0 Å². The van der Waals surface area contributed by atoms with Gasteiger partial charge in [-0.05, 0) is 58.2 Å². The number of hydrogen-bond acceptors (Lipinski definition) is 2. The van der Waals surface area contributed by atoms with Gasteiger partial charge in [0.15, 0.2) is 0 Å². The second-order valence-electron chi connectivity index (χ2n) is 6.35. The van der Waals surface area contributed by atoms with E-state index >= 15 is 0 Å². The zero-order chi connectivity index (χ0) is 13.6. The molecular formula is C17H28N2. The molecule has 2 heteroatoms. The standard InChI is InChI=1S/C17H28N2/c1-17(2,11-10-16-8-4-3-5-9-16)18-12-15-19-13-6-7-14-19/h3-5,8-9,18H,6-7,10-15H2,1-2H3. The highest BCUT2D eigenvalue weighted by molar-refractivity contribution is 5.15. The first-order valence-corrected chi connectivity index (χ1v) is 7.67. The van der Waals surface area contributed by atoms with Crippen molar-refractivity contribution in [2.75, 3.05) is 26.2 Å². The molecule has 1 fully saturated rings. The fourth-order valence-corrected chi connectivity index (χ4v) is 2.75. The summed E-state index contributed by atoms with van der Waals surface area (Å²) >= 11 is 0. The molecule has 1 saturated heterocycles. The second-order valence-corrected chi connectivity index (χ2v) is 6.35. The van der Waals surface area contributed by atoms with Gasteiger partial charge >= 0.3 is 0 Å². The first kappa shape index (κ1) is 14.5. The Kier molecular flexibility index (Phi) is 5.41. The van der Waals surface area contributed by atoms with Crippen molar-refractivity contribution in [2.24, 2.45) is 0 Å². The molecule has 0 unspecified atom stereocenters. The number of likely N-dealkylation sites (tertiary alicyclic amines) is 1. The molecule has 0 amide bonds. The largest absolute Gasteiger partial charge is 0.311 e. The van der Waals surface area contributed by atoms with E-state index in [0.29, 0.717) is 0 Å². The maximum atomic E-state index is 3.71. The highest BCUT2D eigenvalue weighted by atomic mass is 15.2. The molecule has 0 aromatic heterocycles. The Bertz CT molecular complexity index is 353. The molecule has 0 atom stereocenters. The lowest BCUT2D eigenvalue weighted by Gasteiger charge is -2.28. The summed E-state index contributed by atoms with van der Waals surface area (Å²) in [5.41, 5.74) is 1.67. The van der Waals surface area contributed by atoms with Crippen LogP contribution in [-0.2, 0) is 6.42 Å². The van der Waals surface area contributed by atoms with Crippen molar-refractivity contribution in [3.63, 3.8) is 0 Å². The van der Waals surface area contributed by atoms with Gasteiger partial charge in [-0.2, -0.15) is 0 Å². The summed E-state index contributed by atoms with van der Waals surface area (Å²) in [7, 11) is 0. The molecule has 19 heavy (non-hydrogen) atoms. The van der Waals surface area contributed by atoms with Crippen molar-refractivity contribution in [1.29, 1.82) is 0 Å². The highest BCUT2D eigenvalue weighted by Crippen LogP contribution is 2.13. The lowest BCUT2D eigenvalue weighted by Crippen LogP contribution is -2.43. The van der Waals surface area contributed by atoms with Crippen LogP contribution in [0.2, 0.25) is 0 Å². The van der Waals surface area contributed by atoms with E-state index in [1.165, 1.54) is 44.5 Å². The van der Waals surface area contributed by atoms with Gasteiger partial charge in [-0.1, -0.05) is 30.3 Å². The summed E-state index contributed by atoms with van der Waals surface area (Å²) < 4.78 is 0. The third-order valence-electron chi connectivity index (χ3n) is 4.11. The van der Waals surface area contributed by atoms with E-state index in [9.17, 15) is 0 Å². The van der Waals surface area contributed by atoms with Crippen molar-refractivity contribution in [3.05, 3.63) is 35.9 Å². The average molecular weight is 260 g/mol. The number of hydrogen-bond donors (Lipinski definition) is 1. The topological polar surface area (TPSA) is 15.3 Å². The van der Waals surface area contributed by atoms with Crippen LogP contribution in [0.4, 0.5) is 0 Å². The minimum absolute atomic E-state index is 0.232. The molecule has 106 valence electrons. The summed E-state index contributed by atoms with van der Waals surface area (Å²) in [6.45, 7) is 9.55. The SMILES string of the molecule is CC(C)(CCc1ccccc1)NCCN1CCCC1. The van der Waals surface area contributed by atoms with Gasteiger partial charge in [0.2, 0.25) is 0 Å². The van der Waals surface area contributed by atoms with Gasteiger partial charge in [0.05, 0.1) is 0 Å². The Balaban J connectivity index is 1.66. The molecule has 1 N–H and O–H groups in total. The molecule has 0 saturated carbocycles. The maximum Gasteiger partial charge on any atom is 0.0128 e. The lowest BCUT2D eigenvalue weighted by molar-refractivity contribution is 0.296. The molecule has 1 aromatic rings. The maximum absolute atomic E-state index is 3.71. The van der Waals surface area contributed by atoms with Gasteiger partial charge < -0.3 is 10.2 Å². The number of aryl methyl sites for hydroxylation is 1. The second kappa shape index (κ2) is 7.06. The monoisotopic (exact) mass is 260 g/mol. The Morgan fingerprint density at radius 2 is 1.79 bits per heavy atom. The average Bonchev–Trinajstić information content (AvgIpc) is 2.91. The summed E-state index contributed by atoms with van der Waals surface area (Å²) in [5.74, 6) is 0. The third kappa shape index (κ3) is 5.33. The van der Waals surface area contributed by atoms with E-state index in [1.807, 2.05) is 0 Å². The number of benzene rings is 1. The van der Waals surface area contributed by atoms with Crippen molar-refractivity contribution < 1.29 is 0 Å². The van der Waals surface area contributed by atoms with Crippen LogP contribution in [0.15, 0.2) is 30.3 Å². The van der Waals surface area contributed by atoms with Crippen LogP contribution in [0.1, 0.15) is 38.7 Å². The first-order chi connectivity index (χ1) is 9.16. The van der Waals surface area contributed by atoms with E-state index in [-0.39, 0.29) is 5.54 Å². The summed E-state index contributed by atoms with van der Waals surface area (Å²) in [4.78, 5) is 2.57. The molecule has 1 aliphatic heterocycles. The van der Waals surface area contributed by atoms with Gasteiger partial charge in [0.25, 0.3) is 0 Å². The van der Waals surface area contributed by atoms with Gasteiger partial charge in [0.1, 0.15) is 0 Å². The van der Waals surface area contributed by atoms with E-state index in [1.54, 1.807) is 0 Å². The quantitative estimate of drug-likeness (QED) is 0.810. The minimum Gasteiger partial charge on any atom is -0.311 e. The normalized spacial score (nSPS) is 16.9. The minimum atomic E-state index is 0.232. The molecule has 0 radical (unpaired) electrons. The van der Waals surface area contributed by atoms with Crippen LogP contribution in [0.5, 0.6) is 0 Å². The molecule has 0 bridgehead atoms. The number of rotatable bonds is 7. The highest BCUT2D eigenvalue weighted by Gasteiger charge is 2.17. The van der Waals surface area contributed by atoms with Crippen molar-refractivity contribution in [1.82, 2.24) is 10.2 Å². The molecule has 2 nitrogen and oxygen atoms in total. The molecule has 1 heterocycles. The van der Waals surface area contributed by atoms with Gasteiger partial charge in [-0.3, -0.25) is 0 Å².